The number of carbonyl (C=O) groups is 2. The van der Waals surface area contributed by atoms with Gasteiger partial charge in [0.05, 0.1) is 18.5 Å². The first-order valence-corrected chi connectivity index (χ1v) is 7.43. The van der Waals surface area contributed by atoms with Crippen LogP contribution in [0.4, 0.5) is 0 Å². The Labute approximate surface area is 129 Å². The number of aromatic nitrogens is 2. The number of amides is 1. The van der Waals surface area contributed by atoms with Gasteiger partial charge < -0.3 is 14.7 Å². The molecule has 0 spiro atoms. The lowest BCUT2D eigenvalue weighted by molar-refractivity contribution is -0.00245. The number of rotatable bonds is 5. The fraction of sp³-hybridized carbons (Fsp3) is 0.600. The van der Waals surface area contributed by atoms with Crippen molar-refractivity contribution >= 4 is 11.9 Å². The number of ether oxygens (including phenoxy) is 1. The van der Waals surface area contributed by atoms with Crippen molar-refractivity contribution in [3.05, 3.63) is 23.8 Å². The summed E-state index contributed by atoms with van der Waals surface area (Å²) in [6.07, 6.45) is 4.13. The van der Waals surface area contributed by atoms with E-state index in [1.165, 1.54) is 6.20 Å². The van der Waals surface area contributed by atoms with E-state index in [4.69, 9.17) is 9.84 Å². The lowest BCUT2D eigenvalue weighted by Crippen LogP contribution is -2.41. The normalized spacial score (nSPS) is 16.0. The Bertz CT molecular complexity index is 522. The lowest BCUT2D eigenvalue weighted by Gasteiger charge is -2.32. The molecule has 0 atom stereocenters. The molecule has 1 saturated heterocycles. The van der Waals surface area contributed by atoms with Crippen LogP contribution in [-0.2, 0) is 4.74 Å². The zero-order valence-electron chi connectivity index (χ0n) is 12.9. The van der Waals surface area contributed by atoms with Gasteiger partial charge in [0.25, 0.3) is 5.91 Å². The first kappa shape index (κ1) is 16.4. The second-order valence-corrected chi connectivity index (χ2v) is 5.81. The third-order valence-corrected chi connectivity index (χ3v) is 3.48. The maximum absolute atomic E-state index is 12.3. The summed E-state index contributed by atoms with van der Waals surface area (Å²) in [6.45, 7) is 6.19. The molecule has 1 N–H and O–H groups in total. The third kappa shape index (κ3) is 4.24. The summed E-state index contributed by atoms with van der Waals surface area (Å²) < 4.78 is 5.79. The van der Waals surface area contributed by atoms with Crippen molar-refractivity contribution < 1.29 is 19.4 Å². The van der Waals surface area contributed by atoms with Gasteiger partial charge in [-0.3, -0.25) is 4.79 Å². The van der Waals surface area contributed by atoms with E-state index in [9.17, 15) is 9.59 Å². The minimum absolute atomic E-state index is 0.169. The first-order chi connectivity index (χ1) is 10.5. The molecule has 0 aromatic carbocycles. The highest BCUT2D eigenvalue weighted by Crippen LogP contribution is 2.16. The summed E-state index contributed by atoms with van der Waals surface area (Å²) in [4.78, 5) is 32.3. The number of nitrogens with zero attached hydrogens (tertiary/aromatic N) is 3. The molecule has 22 heavy (non-hydrogen) atoms. The molecule has 1 aromatic heterocycles. The Hall–Kier alpha value is -2.02. The van der Waals surface area contributed by atoms with E-state index < -0.39 is 5.97 Å². The van der Waals surface area contributed by atoms with Crippen LogP contribution in [0.3, 0.4) is 0 Å². The quantitative estimate of drug-likeness (QED) is 0.885. The first-order valence-electron chi connectivity index (χ1n) is 7.43. The number of carbonyl (C=O) groups excluding carboxylic acids is 1. The van der Waals surface area contributed by atoms with E-state index in [1.54, 1.807) is 4.90 Å². The van der Waals surface area contributed by atoms with Gasteiger partial charge in [-0.15, -0.1) is 0 Å². The van der Waals surface area contributed by atoms with Gasteiger partial charge >= 0.3 is 5.97 Å². The van der Waals surface area contributed by atoms with Crippen LogP contribution in [0.1, 0.15) is 47.7 Å². The monoisotopic (exact) mass is 307 g/mol. The smallest absolute Gasteiger partial charge is 0.356 e. The Morgan fingerprint density at radius 3 is 2.36 bits per heavy atom. The summed E-state index contributed by atoms with van der Waals surface area (Å²) in [5, 5.41) is 8.77. The number of carboxylic acid groups (broad SMARTS) is 1. The summed E-state index contributed by atoms with van der Waals surface area (Å²) in [7, 11) is 0. The summed E-state index contributed by atoms with van der Waals surface area (Å²) in [6, 6.07) is 0. The highest BCUT2D eigenvalue weighted by molar-refractivity contribution is 5.92. The molecule has 0 unspecified atom stereocenters. The van der Waals surface area contributed by atoms with E-state index in [-0.39, 0.29) is 23.4 Å². The maximum Gasteiger partial charge on any atom is 0.356 e. The van der Waals surface area contributed by atoms with Gasteiger partial charge in [-0.1, -0.05) is 13.8 Å². The van der Waals surface area contributed by atoms with E-state index in [0.717, 1.165) is 25.6 Å². The standard InChI is InChI=1S/C15H21N3O4/c1-10(2)9-22-11-3-5-18(6-4-11)14(19)12-7-17-13(8-16-12)15(20)21/h7-8,10-11H,3-6,9H2,1-2H3,(H,20,21). The van der Waals surface area contributed by atoms with Crippen LogP contribution in [0, 0.1) is 5.92 Å². The van der Waals surface area contributed by atoms with Gasteiger partial charge in [-0.2, -0.15) is 0 Å². The van der Waals surface area contributed by atoms with E-state index >= 15 is 0 Å². The fourth-order valence-corrected chi connectivity index (χ4v) is 2.27. The number of likely N-dealkylation sites (tertiary alicyclic amines) is 1. The van der Waals surface area contributed by atoms with Crippen molar-refractivity contribution in [3.63, 3.8) is 0 Å². The van der Waals surface area contributed by atoms with E-state index in [2.05, 4.69) is 23.8 Å². The lowest BCUT2D eigenvalue weighted by atomic mass is 10.1. The zero-order valence-corrected chi connectivity index (χ0v) is 12.9. The Balaban J connectivity index is 1.88. The molecule has 1 aliphatic heterocycles. The van der Waals surface area contributed by atoms with Crippen molar-refractivity contribution in [2.75, 3.05) is 19.7 Å². The zero-order chi connectivity index (χ0) is 16.1. The van der Waals surface area contributed by atoms with Crippen LogP contribution in [0.25, 0.3) is 0 Å². The van der Waals surface area contributed by atoms with E-state index in [1.807, 2.05) is 0 Å². The summed E-state index contributed by atoms with van der Waals surface area (Å²) in [5.41, 5.74) is 0.00360. The molecule has 1 amide bonds. The van der Waals surface area contributed by atoms with Crippen molar-refractivity contribution in [3.8, 4) is 0 Å². The molecule has 120 valence electrons. The molecule has 0 bridgehead atoms. The maximum atomic E-state index is 12.3. The van der Waals surface area contributed by atoms with Gasteiger partial charge in [-0.25, -0.2) is 14.8 Å². The van der Waals surface area contributed by atoms with Crippen molar-refractivity contribution in [1.82, 2.24) is 14.9 Å². The minimum Gasteiger partial charge on any atom is -0.476 e. The van der Waals surface area contributed by atoms with Crippen molar-refractivity contribution in [2.45, 2.75) is 32.8 Å². The van der Waals surface area contributed by atoms with Crippen molar-refractivity contribution in [2.24, 2.45) is 5.92 Å². The van der Waals surface area contributed by atoms with Gasteiger partial charge in [-0.05, 0) is 18.8 Å². The van der Waals surface area contributed by atoms with Crippen LogP contribution in [0.15, 0.2) is 12.4 Å². The van der Waals surface area contributed by atoms with E-state index in [0.29, 0.717) is 19.0 Å². The molecule has 2 rings (SSSR count). The molecule has 0 aliphatic carbocycles. The van der Waals surface area contributed by atoms with Gasteiger partial charge in [0, 0.05) is 19.7 Å². The second kappa shape index (κ2) is 7.31. The molecule has 1 fully saturated rings. The molecular weight excluding hydrogens is 286 g/mol. The van der Waals surface area contributed by atoms with Crippen LogP contribution >= 0.6 is 0 Å². The van der Waals surface area contributed by atoms with Gasteiger partial charge in [0.1, 0.15) is 5.69 Å². The predicted octanol–water partition coefficient (Wildman–Crippen LogP) is 1.45. The summed E-state index contributed by atoms with van der Waals surface area (Å²) >= 11 is 0. The van der Waals surface area contributed by atoms with Gasteiger partial charge in [0.15, 0.2) is 5.69 Å². The highest BCUT2D eigenvalue weighted by Gasteiger charge is 2.25. The van der Waals surface area contributed by atoms with Crippen molar-refractivity contribution in [1.29, 1.82) is 0 Å². The average molecular weight is 307 g/mol. The van der Waals surface area contributed by atoms with Crippen LogP contribution in [0.2, 0.25) is 0 Å². The van der Waals surface area contributed by atoms with Gasteiger partial charge in [0.2, 0.25) is 0 Å². The molecule has 1 aliphatic rings. The molecule has 0 saturated carbocycles. The third-order valence-electron chi connectivity index (χ3n) is 3.48. The predicted molar refractivity (Wildman–Crippen MR) is 78.7 cm³/mol. The minimum atomic E-state index is -1.16. The largest absolute Gasteiger partial charge is 0.476 e. The highest BCUT2D eigenvalue weighted by atomic mass is 16.5. The molecule has 1 aromatic rings. The molecule has 7 nitrogen and oxygen atoms in total. The molecule has 2 heterocycles. The van der Waals surface area contributed by atoms with Crippen LogP contribution < -0.4 is 0 Å². The number of aromatic carboxylic acids is 1. The molecular formula is C15H21N3O4. The van der Waals surface area contributed by atoms with Crippen LogP contribution in [0.5, 0.6) is 0 Å². The SMILES string of the molecule is CC(C)COC1CCN(C(=O)c2cnc(C(=O)O)cn2)CC1. The average Bonchev–Trinajstić information content (AvgIpc) is 2.53. The topological polar surface area (TPSA) is 92.6 Å². The Kier molecular flexibility index (Phi) is 5.43. The fourth-order valence-electron chi connectivity index (χ4n) is 2.27. The second-order valence-electron chi connectivity index (χ2n) is 5.81. The number of hydrogen-bond donors (Lipinski definition) is 1. The number of hydrogen-bond acceptors (Lipinski definition) is 5. The summed E-state index contributed by atoms with van der Waals surface area (Å²) in [5.74, 6) is -0.871. The number of carboxylic acids is 1. The Morgan fingerprint density at radius 2 is 1.86 bits per heavy atom. The number of piperidine rings is 1. The van der Waals surface area contributed by atoms with Crippen LogP contribution in [-0.4, -0.2) is 57.7 Å². The Morgan fingerprint density at radius 1 is 1.27 bits per heavy atom. The molecule has 7 heteroatoms. The molecule has 0 radical (unpaired) electrons.